The number of carbonyl (C=O) groups excluding carboxylic acids is 1. The van der Waals surface area contributed by atoms with E-state index in [1.54, 1.807) is 36.7 Å². The minimum atomic E-state index is -3.20. The van der Waals surface area contributed by atoms with Gasteiger partial charge in [-0.2, -0.15) is 0 Å². The van der Waals surface area contributed by atoms with Gasteiger partial charge in [-0.25, -0.2) is 8.42 Å². The Labute approximate surface area is 137 Å². The summed E-state index contributed by atoms with van der Waals surface area (Å²) in [5.41, 5.74) is 0.841. The summed E-state index contributed by atoms with van der Waals surface area (Å²) in [4.78, 5) is 17.1. The largest absolute Gasteiger partial charge is 0.347 e. The van der Waals surface area contributed by atoms with Crippen LogP contribution in [0.4, 0.5) is 0 Å². The fraction of sp³-hybridized carbons (Fsp3) is 0.125. The van der Waals surface area contributed by atoms with Crippen LogP contribution in [-0.2, 0) is 16.4 Å². The number of nitrogens with one attached hydrogen (secondary N) is 1. The molecule has 3 aromatic rings. The molecule has 1 amide bonds. The predicted octanol–water partition coefficient (Wildman–Crippen LogP) is 2.63. The quantitative estimate of drug-likeness (QED) is 0.788. The number of sulfone groups is 1. The van der Waals surface area contributed by atoms with Crippen molar-refractivity contribution in [2.45, 2.75) is 11.4 Å². The van der Waals surface area contributed by atoms with Crippen LogP contribution < -0.4 is 5.32 Å². The van der Waals surface area contributed by atoms with E-state index in [1.165, 1.54) is 17.6 Å². The maximum absolute atomic E-state index is 12.2. The summed E-state index contributed by atoms with van der Waals surface area (Å²) in [6.45, 7) is 0.343. The summed E-state index contributed by atoms with van der Waals surface area (Å²) < 4.78 is 23.8. The zero-order chi connectivity index (χ0) is 16.4. The lowest BCUT2D eigenvalue weighted by atomic mass is 10.2. The van der Waals surface area contributed by atoms with E-state index in [0.29, 0.717) is 11.4 Å². The second kappa shape index (κ2) is 6.10. The van der Waals surface area contributed by atoms with Gasteiger partial charge >= 0.3 is 0 Å². The minimum Gasteiger partial charge on any atom is -0.347 e. The van der Waals surface area contributed by atoms with Crippen molar-refractivity contribution >= 4 is 37.2 Å². The second-order valence-corrected chi connectivity index (χ2v) is 8.22. The van der Waals surface area contributed by atoms with Crippen molar-refractivity contribution in [3.8, 4) is 0 Å². The summed E-state index contributed by atoms with van der Waals surface area (Å²) in [5, 5.41) is 3.83. The first-order chi connectivity index (χ1) is 10.9. The molecule has 0 fully saturated rings. The molecule has 5 nitrogen and oxygen atoms in total. The molecule has 118 valence electrons. The van der Waals surface area contributed by atoms with E-state index in [0.717, 1.165) is 15.6 Å². The molecule has 0 aliphatic carbocycles. The topological polar surface area (TPSA) is 76.1 Å². The van der Waals surface area contributed by atoms with E-state index in [-0.39, 0.29) is 10.8 Å². The lowest BCUT2D eigenvalue weighted by Gasteiger charge is -2.05. The van der Waals surface area contributed by atoms with Gasteiger partial charge in [-0.05, 0) is 35.2 Å². The van der Waals surface area contributed by atoms with Gasteiger partial charge in [0.05, 0.1) is 14.5 Å². The number of aromatic nitrogens is 1. The zero-order valence-electron chi connectivity index (χ0n) is 12.3. The van der Waals surface area contributed by atoms with Crippen molar-refractivity contribution in [1.29, 1.82) is 0 Å². The molecule has 0 aliphatic rings. The summed E-state index contributed by atoms with van der Waals surface area (Å²) in [5.74, 6) is -0.154. The van der Waals surface area contributed by atoms with Crippen molar-refractivity contribution < 1.29 is 13.2 Å². The number of rotatable bonds is 4. The van der Waals surface area contributed by atoms with E-state index in [4.69, 9.17) is 0 Å². The van der Waals surface area contributed by atoms with Gasteiger partial charge in [-0.1, -0.05) is 12.1 Å². The molecule has 2 aromatic heterocycles. The Kier molecular flexibility index (Phi) is 4.14. The van der Waals surface area contributed by atoms with E-state index in [9.17, 15) is 13.2 Å². The zero-order valence-corrected chi connectivity index (χ0v) is 13.9. The van der Waals surface area contributed by atoms with E-state index >= 15 is 0 Å². The Bertz CT molecular complexity index is 927. The van der Waals surface area contributed by atoms with Crippen LogP contribution in [0, 0.1) is 0 Å². The number of benzene rings is 1. The van der Waals surface area contributed by atoms with Crippen molar-refractivity contribution in [2.75, 3.05) is 6.26 Å². The third-order valence-corrected chi connectivity index (χ3v) is 5.56. The molecule has 0 radical (unpaired) electrons. The highest BCUT2D eigenvalue weighted by molar-refractivity contribution is 7.90. The first-order valence-electron chi connectivity index (χ1n) is 6.84. The molecule has 0 bridgehead atoms. The highest BCUT2D eigenvalue weighted by Gasteiger charge is 2.10. The van der Waals surface area contributed by atoms with Gasteiger partial charge < -0.3 is 5.32 Å². The summed E-state index contributed by atoms with van der Waals surface area (Å²) >= 11 is 1.39. The van der Waals surface area contributed by atoms with Gasteiger partial charge in [0, 0.05) is 25.2 Å². The van der Waals surface area contributed by atoms with Gasteiger partial charge in [0.25, 0.3) is 5.91 Å². The molecule has 0 saturated carbocycles. The number of nitrogens with zero attached hydrogens (tertiary/aromatic N) is 1. The Morgan fingerprint density at radius 2 is 1.96 bits per heavy atom. The fourth-order valence-electron chi connectivity index (χ4n) is 2.12. The molecule has 23 heavy (non-hydrogen) atoms. The maximum Gasteiger partial charge on any atom is 0.261 e. The maximum atomic E-state index is 12.2. The Balaban J connectivity index is 1.69. The standard InChI is InChI=1S/C16H14N2O3S2/c1-23(20,21)13-4-2-11(3-5-13)9-18-16(19)14-8-12-6-7-17-10-15(12)22-14/h2-8,10H,9H2,1H3,(H,18,19). The number of hydrogen-bond donors (Lipinski definition) is 1. The number of amides is 1. The molecular weight excluding hydrogens is 332 g/mol. The summed E-state index contributed by atoms with van der Waals surface area (Å²) in [6, 6.07) is 10.2. The monoisotopic (exact) mass is 346 g/mol. The highest BCUT2D eigenvalue weighted by atomic mass is 32.2. The fourth-order valence-corrected chi connectivity index (χ4v) is 3.70. The van der Waals surface area contributed by atoms with Crippen molar-refractivity contribution in [3.05, 3.63) is 59.2 Å². The molecule has 0 atom stereocenters. The number of fused-ring (bicyclic) bond motifs is 1. The average molecular weight is 346 g/mol. The average Bonchev–Trinajstić information content (AvgIpc) is 2.96. The first kappa shape index (κ1) is 15.6. The molecule has 0 saturated heterocycles. The first-order valence-corrected chi connectivity index (χ1v) is 9.55. The molecule has 3 rings (SSSR count). The van der Waals surface area contributed by atoms with Crippen LogP contribution >= 0.6 is 11.3 Å². The molecule has 1 N–H and O–H groups in total. The number of carbonyl (C=O) groups is 1. The lowest BCUT2D eigenvalue weighted by molar-refractivity contribution is 0.0955. The Hall–Kier alpha value is -2.25. The van der Waals surface area contributed by atoms with Crippen LogP contribution in [0.25, 0.3) is 10.1 Å². The van der Waals surface area contributed by atoms with Gasteiger partial charge in [0.15, 0.2) is 9.84 Å². The third-order valence-electron chi connectivity index (χ3n) is 3.35. The number of pyridine rings is 1. The molecule has 2 heterocycles. The Morgan fingerprint density at radius 1 is 1.22 bits per heavy atom. The van der Waals surface area contributed by atoms with E-state index < -0.39 is 9.84 Å². The predicted molar refractivity (Wildman–Crippen MR) is 90.3 cm³/mol. The molecule has 0 aliphatic heterocycles. The lowest BCUT2D eigenvalue weighted by Crippen LogP contribution is -2.21. The molecule has 1 aromatic carbocycles. The second-order valence-electron chi connectivity index (χ2n) is 5.12. The smallest absolute Gasteiger partial charge is 0.261 e. The third kappa shape index (κ3) is 3.57. The van der Waals surface area contributed by atoms with Crippen molar-refractivity contribution in [3.63, 3.8) is 0 Å². The van der Waals surface area contributed by atoms with Gasteiger partial charge in [-0.15, -0.1) is 11.3 Å². The van der Waals surface area contributed by atoms with Gasteiger partial charge in [-0.3, -0.25) is 9.78 Å². The molecule has 0 unspecified atom stereocenters. The highest BCUT2D eigenvalue weighted by Crippen LogP contribution is 2.24. The van der Waals surface area contributed by atoms with Gasteiger partial charge in [0.2, 0.25) is 0 Å². The molecule has 0 spiro atoms. The number of thiophene rings is 1. The summed E-state index contributed by atoms with van der Waals surface area (Å²) in [7, 11) is -3.20. The van der Waals surface area contributed by atoms with Crippen LogP contribution in [0.5, 0.6) is 0 Å². The minimum absolute atomic E-state index is 0.154. The van der Waals surface area contributed by atoms with Crippen LogP contribution in [-0.4, -0.2) is 25.6 Å². The Morgan fingerprint density at radius 3 is 2.61 bits per heavy atom. The molecular formula is C16H14N2O3S2. The van der Waals surface area contributed by atoms with Crippen molar-refractivity contribution in [2.24, 2.45) is 0 Å². The van der Waals surface area contributed by atoms with Crippen LogP contribution in [0.1, 0.15) is 15.2 Å². The summed E-state index contributed by atoms with van der Waals surface area (Å²) in [6.07, 6.45) is 4.60. The number of hydrogen-bond acceptors (Lipinski definition) is 5. The normalized spacial score (nSPS) is 11.5. The van der Waals surface area contributed by atoms with Gasteiger partial charge in [0.1, 0.15) is 0 Å². The van der Waals surface area contributed by atoms with Crippen LogP contribution in [0.2, 0.25) is 0 Å². The van der Waals surface area contributed by atoms with Crippen LogP contribution in [0.3, 0.4) is 0 Å². The molecule has 7 heteroatoms. The van der Waals surface area contributed by atoms with Crippen molar-refractivity contribution in [1.82, 2.24) is 10.3 Å². The van der Waals surface area contributed by atoms with E-state index in [2.05, 4.69) is 10.3 Å². The van der Waals surface area contributed by atoms with Crippen LogP contribution in [0.15, 0.2) is 53.7 Å². The SMILES string of the molecule is CS(=O)(=O)c1ccc(CNC(=O)c2cc3ccncc3s2)cc1. The van der Waals surface area contributed by atoms with E-state index in [1.807, 2.05) is 12.1 Å².